The maximum Gasteiger partial charge on any atom is 0.234 e. The van der Waals surface area contributed by atoms with Gasteiger partial charge in [-0.2, -0.15) is 0 Å². The zero-order chi connectivity index (χ0) is 14.7. The molecule has 1 aliphatic heterocycles. The van der Waals surface area contributed by atoms with Crippen LogP contribution in [0.5, 0.6) is 0 Å². The Morgan fingerprint density at radius 2 is 2.19 bits per heavy atom. The maximum absolute atomic E-state index is 12.1. The van der Waals surface area contributed by atoms with Crippen molar-refractivity contribution in [3.63, 3.8) is 0 Å². The molecule has 2 aromatic rings. The molecule has 1 unspecified atom stereocenters. The highest BCUT2D eigenvalue weighted by Gasteiger charge is 2.18. The molecule has 1 atom stereocenters. The van der Waals surface area contributed by atoms with Crippen LogP contribution in [0.3, 0.4) is 0 Å². The monoisotopic (exact) mass is 288 g/mol. The fraction of sp³-hybridized carbons (Fsp3) is 0.500. The number of carbonyl (C=O) groups is 1. The zero-order valence-corrected chi connectivity index (χ0v) is 12.1. The summed E-state index contributed by atoms with van der Waals surface area (Å²) in [5.41, 5.74) is 0.788. The number of pyridine rings is 1. The van der Waals surface area contributed by atoms with Gasteiger partial charge < -0.3 is 10.6 Å². The highest BCUT2D eigenvalue weighted by molar-refractivity contribution is 5.78. The second-order valence-electron chi connectivity index (χ2n) is 5.30. The van der Waals surface area contributed by atoms with Gasteiger partial charge in [0.2, 0.25) is 5.91 Å². The van der Waals surface area contributed by atoms with Crippen molar-refractivity contribution in [3.05, 3.63) is 30.2 Å². The fourth-order valence-electron chi connectivity index (χ4n) is 2.58. The van der Waals surface area contributed by atoms with Crippen molar-refractivity contribution in [2.45, 2.75) is 13.0 Å². The molecule has 0 saturated carbocycles. The van der Waals surface area contributed by atoms with E-state index in [1.54, 1.807) is 0 Å². The molecule has 0 aromatic carbocycles. The molecule has 2 N–H and O–H groups in total. The van der Waals surface area contributed by atoms with Crippen LogP contribution in [0, 0.1) is 0 Å². The molecule has 3 heterocycles. The van der Waals surface area contributed by atoms with E-state index in [4.69, 9.17) is 0 Å². The third-order valence-electron chi connectivity index (χ3n) is 3.68. The van der Waals surface area contributed by atoms with E-state index in [-0.39, 0.29) is 11.9 Å². The van der Waals surface area contributed by atoms with Crippen LogP contribution < -0.4 is 10.6 Å². The highest BCUT2D eigenvalue weighted by atomic mass is 16.2. The topological polar surface area (TPSA) is 74.6 Å². The lowest BCUT2D eigenvalue weighted by Gasteiger charge is -2.26. The van der Waals surface area contributed by atoms with Gasteiger partial charge in [-0.05, 0) is 19.1 Å². The van der Waals surface area contributed by atoms with E-state index >= 15 is 0 Å². The number of aromatic nitrogens is 3. The molecule has 2 aromatic heterocycles. The summed E-state index contributed by atoms with van der Waals surface area (Å²) in [7, 11) is 0. The van der Waals surface area contributed by atoms with Crippen molar-refractivity contribution in [1.29, 1.82) is 0 Å². The summed E-state index contributed by atoms with van der Waals surface area (Å²) < 4.78 is 1.90. The summed E-state index contributed by atoms with van der Waals surface area (Å²) in [5, 5.41) is 14.5. The summed E-state index contributed by atoms with van der Waals surface area (Å²) in [6, 6.07) is 5.57. The lowest BCUT2D eigenvalue weighted by atomic mass is 10.3. The molecule has 1 saturated heterocycles. The molecule has 3 rings (SSSR count). The van der Waals surface area contributed by atoms with E-state index in [1.807, 2.05) is 35.7 Å². The first kappa shape index (κ1) is 14.0. The number of piperazine rings is 1. The second-order valence-corrected chi connectivity index (χ2v) is 5.30. The van der Waals surface area contributed by atoms with Crippen LogP contribution in [0.1, 0.15) is 18.8 Å². The van der Waals surface area contributed by atoms with Gasteiger partial charge in [0.15, 0.2) is 11.5 Å². The average Bonchev–Trinajstić information content (AvgIpc) is 2.92. The Morgan fingerprint density at radius 1 is 1.38 bits per heavy atom. The minimum Gasteiger partial charge on any atom is -0.345 e. The second kappa shape index (κ2) is 6.19. The Kier molecular flexibility index (Phi) is 4.12. The SMILES string of the molecule is CC(NC(=O)CN1CCNCC1)c1nnc2ccccn12. The molecule has 112 valence electrons. The van der Waals surface area contributed by atoms with Gasteiger partial charge in [-0.15, -0.1) is 10.2 Å². The lowest BCUT2D eigenvalue weighted by Crippen LogP contribution is -2.47. The minimum absolute atomic E-state index is 0.0251. The number of nitrogens with one attached hydrogen (secondary N) is 2. The zero-order valence-electron chi connectivity index (χ0n) is 12.1. The Bertz CT molecular complexity index is 619. The van der Waals surface area contributed by atoms with E-state index in [0.29, 0.717) is 6.54 Å². The Balaban J connectivity index is 1.62. The van der Waals surface area contributed by atoms with Gasteiger partial charge >= 0.3 is 0 Å². The summed E-state index contributed by atoms with van der Waals surface area (Å²) in [6.45, 7) is 6.07. The normalized spacial score (nSPS) is 17.8. The van der Waals surface area contributed by atoms with Gasteiger partial charge in [0.05, 0.1) is 12.6 Å². The Hall–Kier alpha value is -1.99. The molecule has 21 heavy (non-hydrogen) atoms. The summed E-state index contributed by atoms with van der Waals surface area (Å²) >= 11 is 0. The van der Waals surface area contributed by atoms with E-state index in [9.17, 15) is 4.79 Å². The molecular formula is C14H20N6O. The molecule has 1 aliphatic rings. The van der Waals surface area contributed by atoms with E-state index in [2.05, 4.69) is 25.7 Å². The summed E-state index contributed by atoms with van der Waals surface area (Å²) in [4.78, 5) is 14.3. The van der Waals surface area contributed by atoms with Gasteiger partial charge in [-0.1, -0.05) is 6.07 Å². The first-order valence-corrected chi connectivity index (χ1v) is 7.26. The van der Waals surface area contributed by atoms with E-state index < -0.39 is 0 Å². The number of carbonyl (C=O) groups excluding carboxylic acids is 1. The number of amides is 1. The average molecular weight is 288 g/mol. The van der Waals surface area contributed by atoms with Gasteiger partial charge in [-0.3, -0.25) is 14.1 Å². The Morgan fingerprint density at radius 3 is 3.00 bits per heavy atom. The van der Waals surface area contributed by atoms with Crippen molar-refractivity contribution < 1.29 is 4.79 Å². The third kappa shape index (κ3) is 3.20. The van der Waals surface area contributed by atoms with Crippen molar-refractivity contribution in [2.75, 3.05) is 32.7 Å². The number of fused-ring (bicyclic) bond motifs is 1. The van der Waals surface area contributed by atoms with Gasteiger partial charge in [-0.25, -0.2) is 0 Å². The van der Waals surface area contributed by atoms with Crippen LogP contribution in [0.4, 0.5) is 0 Å². The molecule has 0 aliphatic carbocycles. The summed E-state index contributed by atoms with van der Waals surface area (Å²) in [6.07, 6.45) is 1.91. The smallest absolute Gasteiger partial charge is 0.234 e. The molecule has 7 nitrogen and oxygen atoms in total. The number of nitrogens with zero attached hydrogens (tertiary/aromatic N) is 4. The van der Waals surface area contributed by atoms with Crippen molar-refractivity contribution >= 4 is 11.6 Å². The van der Waals surface area contributed by atoms with Gasteiger partial charge in [0.1, 0.15) is 0 Å². The minimum atomic E-state index is -0.169. The van der Waals surface area contributed by atoms with Crippen LogP contribution in [-0.4, -0.2) is 58.1 Å². The fourth-order valence-corrected chi connectivity index (χ4v) is 2.58. The van der Waals surface area contributed by atoms with Crippen molar-refractivity contribution in [2.24, 2.45) is 0 Å². The molecule has 0 spiro atoms. The summed E-state index contributed by atoms with van der Waals surface area (Å²) in [5.74, 6) is 0.774. The molecule has 0 radical (unpaired) electrons. The molecule has 1 fully saturated rings. The quantitative estimate of drug-likeness (QED) is 0.816. The van der Waals surface area contributed by atoms with Crippen LogP contribution >= 0.6 is 0 Å². The number of rotatable bonds is 4. The molecular weight excluding hydrogens is 268 g/mol. The predicted molar refractivity (Wildman–Crippen MR) is 78.9 cm³/mol. The number of hydrogen-bond acceptors (Lipinski definition) is 5. The van der Waals surface area contributed by atoms with Gasteiger partial charge in [0, 0.05) is 32.4 Å². The lowest BCUT2D eigenvalue weighted by molar-refractivity contribution is -0.123. The van der Waals surface area contributed by atoms with Gasteiger partial charge in [0.25, 0.3) is 0 Å². The van der Waals surface area contributed by atoms with Crippen LogP contribution in [0.25, 0.3) is 5.65 Å². The largest absolute Gasteiger partial charge is 0.345 e. The molecule has 7 heteroatoms. The Labute approximate surface area is 123 Å². The molecule has 0 bridgehead atoms. The van der Waals surface area contributed by atoms with Crippen LogP contribution in [-0.2, 0) is 4.79 Å². The van der Waals surface area contributed by atoms with Crippen LogP contribution in [0.2, 0.25) is 0 Å². The maximum atomic E-state index is 12.1. The first-order chi connectivity index (χ1) is 10.2. The number of hydrogen-bond donors (Lipinski definition) is 2. The van der Waals surface area contributed by atoms with E-state index in [1.165, 1.54) is 0 Å². The first-order valence-electron chi connectivity index (χ1n) is 7.26. The van der Waals surface area contributed by atoms with Crippen LogP contribution in [0.15, 0.2) is 24.4 Å². The molecule has 1 amide bonds. The van der Waals surface area contributed by atoms with E-state index in [0.717, 1.165) is 37.7 Å². The highest BCUT2D eigenvalue weighted by Crippen LogP contribution is 2.11. The van der Waals surface area contributed by atoms with Crippen molar-refractivity contribution in [1.82, 2.24) is 30.1 Å². The standard InChI is InChI=1S/C14H20N6O/c1-11(14-18-17-12-4-2-3-7-20(12)14)16-13(21)10-19-8-5-15-6-9-19/h2-4,7,11,15H,5-6,8-10H2,1H3,(H,16,21). The predicted octanol–water partition coefficient (Wildman–Crippen LogP) is -0.188. The third-order valence-corrected chi connectivity index (χ3v) is 3.68. The van der Waals surface area contributed by atoms with Crippen molar-refractivity contribution in [3.8, 4) is 0 Å².